The van der Waals surface area contributed by atoms with Crippen molar-refractivity contribution >= 4 is 17.8 Å². The van der Waals surface area contributed by atoms with Crippen LogP contribution in [-0.4, -0.2) is 36.1 Å². The highest BCUT2D eigenvalue weighted by Gasteiger charge is 2.22. The van der Waals surface area contributed by atoms with E-state index in [4.69, 9.17) is 9.47 Å². The molecule has 0 spiro atoms. The van der Waals surface area contributed by atoms with Gasteiger partial charge in [0.1, 0.15) is 18.4 Å². The lowest BCUT2D eigenvalue weighted by Crippen LogP contribution is -2.41. The maximum Gasteiger partial charge on any atom is 0.408 e. The first-order valence-corrected chi connectivity index (χ1v) is 8.37. The standard InChI is InChI=1S/C20H21NO6/c1-26-16-9-7-15(8-10-16)18(22)12-11-17(19(23)24)21-20(25)27-13-14-5-3-2-4-6-14/h2-10,17H,11-13H2,1H3,(H,21,25)(H,23,24). The zero-order chi connectivity index (χ0) is 19.6. The summed E-state index contributed by atoms with van der Waals surface area (Å²) >= 11 is 0. The number of carboxylic acid groups (broad SMARTS) is 1. The molecule has 2 aromatic carbocycles. The van der Waals surface area contributed by atoms with Crippen molar-refractivity contribution in [3.8, 4) is 5.75 Å². The molecule has 2 aromatic rings. The second-order valence-corrected chi connectivity index (χ2v) is 5.79. The Morgan fingerprint density at radius 3 is 2.30 bits per heavy atom. The highest BCUT2D eigenvalue weighted by atomic mass is 16.5. The van der Waals surface area contributed by atoms with Gasteiger partial charge in [-0.3, -0.25) is 4.79 Å². The second-order valence-electron chi connectivity index (χ2n) is 5.79. The van der Waals surface area contributed by atoms with Gasteiger partial charge in [0.25, 0.3) is 0 Å². The first-order chi connectivity index (χ1) is 13.0. The Kier molecular flexibility index (Phi) is 7.37. The Labute approximate surface area is 156 Å². The topological polar surface area (TPSA) is 102 Å². The molecule has 0 fully saturated rings. The summed E-state index contributed by atoms with van der Waals surface area (Å²) in [6.07, 6.45) is -0.911. The molecule has 1 unspecified atom stereocenters. The number of aliphatic carboxylic acids is 1. The van der Waals surface area contributed by atoms with Crippen LogP contribution < -0.4 is 10.1 Å². The van der Waals surface area contributed by atoms with Crippen LogP contribution in [0, 0.1) is 0 Å². The number of methoxy groups -OCH3 is 1. The van der Waals surface area contributed by atoms with Crippen LogP contribution in [0.4, 0.5) is 4.79 Å². The zero-order valence-electron chi connectivity index (χ0n) is 14.9. The SMILES string of the molecule is COc1ccc(C(=O)CCC(NC(=O)OCc2ccccc2)C(=O)O)cc1. The third kappa shape index (κ3) is 6.47. The van der Waals surface area contributed by atoms with E-state index < -0.39 is 18.1 Å². The van der Waals surface area contributed by atoms with E-state index in [2.05, 4.69) is 5.32 Å². The molecular weight excluding hydrogens is 350 g/mol. The van der Waals surface area contributed by atoms with Crippen molar-refractivity contribution in [3.63, 3.8) is 0 Å². The summed E-state index contributed by atoms with van der Waals surface area (Å²) in [5.74, 6) is -0.824. The number of hydrogen-bond donors (Lipinski definition) is 2. The first-order valence-electron chi connectivity index (χ1n) is 8.37. The maximum atomic E-state index is 12.2. The third-order valence-corrected chi connectivity index (χ3v) is 3.88. The number of nitrogens with one attached hydrogen (secondary N) is 1. The molecule has 0 saturated carbocycles. The van der Waals surface area contributed by atoms with Crippen LogP contribution >= 0.6 is 0 Å². The fourth-order valence-corrected chi connectivity index (χ4v) is 2.36. The van der Waals surface area contributed by atoms with Crippen molar-refractivity contribution in [1.82, 2.24) is 5.32 Å². The van der Waals surface area contributed by atoms with Crippen LogP contribution in [0.2, 0.25) is 0 Å². The molecule has 0 heterocycles. The molecule has 0 aromatic heterocycles. The van der Waals surface area contributed by atoms with Crippen LogP contribution in [-0.2, 0) is 16.1 Å². The molecule has 2 rings (SSSR count). The number of hydrogen-bond acceptors (Lipinski definition) is 5. The van der Waals surface area contributed by atoms with Gasteiger partial charge in [0.15, 0.2) is 5.78 Å². The number of carbonyl (C=O) groups excluding carboxylic acids is 2. The van der Waals surface area contributed by atoms with E-state index in [0.29, 0.717) is 11.3 Å². The molecule has 0 bridgehead atoms. The van der Waals surface area contributed by atoms with Crippen molar-refractivity contribution in [3.05, 3.63) is 65.7 Å². The van der Waals surface area contributed by atoms with Crippen molar-refractivity contribution in [2.75, 3.05) is 7.11 Å². The Morgan fingerprint density at radius 1 is 1.04 bits per heavy atom. The van der Waals surface area contributed by atoms with E-state index in [1.54, 1.807) is 48.5 Å². The molecule has 142 valence electrons. The molecule has 0 aliphatic heterocycles. The second kappa shape index (κ2) is 9.96. The van der Waals surface area contributed by atoms with Crippen LogP contribution in [0.1, 0.15) is 28.8 Å². The summed E-state index contributed by atoms with van der Waals surface area (Å²) in [7, 11) is 1.52. The maximum absolute atomic E-state index is 12.2. The first kappa shape index (κ1) is 20.0. The van der Waals surface area contributed by atoms with Gasteiger partial charge in [-0.15, -0.1) is 0 Å². The van der Waals surface area contributed by atoms with Crippen LogP contribution in [0.15, 0.2) is 54.6 Å². The number of Topliss-reactive ketones (excluding diaryl/α,β-unsaturated/α-hetero) is 1. The molecule has 1 atom stereocenters. The highest BCUT2D eigenvalue weighted by Crippen LogP contribution is 2.14. The van der Waals surface area contributed by atoms with E-state index in [1.165, 1.54) is 7.11 Å². The largest absolute Gasteiger partial charge is 0.497 e. The van der Waals surface area contributed by atoms with Crippen molar-refractivity contribution in [2.24, 2.45) is 0 Å². The summed E-state index contributed by atoms with van der Waals surface area (Å²) in [6, 6.07) is 14.3. The van der Waals surface area contributed by atoms with Crippen molar-refractivity contribution in [2.45, 2.75) is 25.5 Å². The summed E-state index contributed by atoms with van der Waals surface area (Å²) in [6.45, 7) is 0.0315. The van der Waals surface area contributed by atoms with E-state index in [1.807, 2.05) is 6.07 Å². The molecule has 0 aliphatic rings. The Morgan fingerprint density at radius 2 is 1.70 bits per heavy atom. The summed E-state index contributed by atoms with van der Waals surface area (Å²) in [4.78, 5) is 35.4. The highest BCUT2D eigenvalue weighted by molar-refractivity contribution is 5.96. The molecule has 7 nitrogen and oxygen atoms in total. The lowest BCUT2D eigenvalue weighted by molar-refractivity contribution is -0.139. The fourth-order valence-electron chi connectivity index (χ4n) is 2.36. The summed E-state index contributed by atoms with van der Waals surface area (Å²) in [5, 5.41) is 11.5. The predicted octanol–water partition coefficient (Wildman–Crippen LogP) is 3.04. The van der Waals surface area contributed by atoms with Gasteiger partial charge in [0.05, 0.1) is 7.11 Å². The Balaban J connectivity index is 1.84. The van der Waals surface area contributed by atoms with Crippen LogP contribution in [0.3, 0.4) is 0 Å². The zero-order valence-corrected chi connectivity index (χ0v) is 14.9. The molecule has 27 heavy (non-hydrogen) atoms. The number of carbonyl (C=O) groups is 3. The quantitative estimate of drug-likeness (QED) is 0.657. The van der Waals surface area contributed by atoms with Gasteiger partial charge in [-0.1, -0.05) is 30.3 Å². The molecule has 2 N–H and O–H groups in total. The average Bonchev–Trinajstić information content (AvgIpc) is 2.70. The average molecular weight is 371 g/mol. The number of amides is 1. The normalized spacial score (nSPS) is 11.3. The molecule has 0 radical (unpaired) electrons. The Bertz CT molecular complexity index is 773. The van der Waals surface area contributed by atoms with Gasteiger partial charge >= 0.3 is 12.1 Å². The predicted molar refractivity (Wildman–Crippen MR) is 97.7 cm³/mol. The van der Waals surface area contributed by atoms with Crippen LogP contribution in [0.5, 0.6) is 5.75 Å². The van der Waals surface area contributed by atoms with Gasteiger partial charge in [-0.25, -0.2) is 9.59 Å². The van der Waals surface area contributed by atoms with E-state index in [0.717, 1.165) is 5.56 Å². The minimum atomic E-state index is -1.23. The van der Waals surface area contributed by atoms with Crippen molar-refractivity contribution in [1.29, 1.82) is 0 Å². The van der Waals surface area contributed by atoms with Gasteiger partial charge < -0.3 is 19.9 Å². The number of carboxylic acids is 1. The number of rotatable bonds is 9. The smallest absolute Gasteiger partial charge is 0.408 e. The van der Waals surface area contributed by atoms with E-state index >= 15 is 0 Å². The molecule has 0 saturated heterocycles. The molecular formula is C20H21NO6. The third-order valence-electron chi connectivity index (χ3n) is 3.88. The van der Waals surface area contributed by atoms with E-state index in [-0.39, 0.29) is 25.2 Å². The van der Waals surface area contributed by atoms with Gasteiger partial charge in [0, 0.05) is 12.0 Å². The van der Waals surface area contributed by atoms with Gasteiger partial charge in [0.2, 0.25) is 0 Å². The molecule has 7 heteroatoms. The lowest BCUT2D eigenvalue weighted by Gasteiger charge is -2.14. The number of ketones is 1. The summed E-state index contributed by atoms with van der Waals surface area (Å²) < 4.78 is 10.0. The Hall–Kier alpha value is -3.35. The van der Waals surface area contributed by atoms with Crippen LogP contribution in [0.25, 0.3) is 0 Å². The van der Waals surface area contributed by atoms with Gasteiger partial charge in [-0.05, 0) is 36.2 Å². The van der Waals surface area contributed by atoms with Gasteiger partial charge in [-0.2, -0.15) is 0 Å². The minimum Gasteiger partial charge on any atom is -0.497 e. The molecule has 1 amide bonds. The van der Waals surface area contributed by atoms with Crippen molar-refractivity contribution < 1.29 is 29.0 Å². The number of alkyl carbamates (subject to hydrolysis) is 1. The fraction of sp³-hybridized carbons (Fsp3) is 0.250. The molecule has 0 aliphatic carbocycles. The summed E-state index contributed by atoms with van der Waals surface area (Å²) in [5.41, 5.74) is 1.24. The number of benzene rings is 2. The minimum absolute atomic E-state index is 0.0255. The van der Waals surface area contributed by atoms with E-state index in [9.17, 15) is 19.5 Å². The lowest BCUT2D eigenvalue weighted by atomic mass is 10.0. The monoisotopic (exact) mass is 371 g/mol. The number of ether oxygens (including phenoxy) is 2.